The van der Waals surface area contributed by atoms with Crippen LogP contribution >= 0.6 is 0 Å². The van der Waals surface area contributed by atoms with Gasteiger partial charge >= 0.3 is 0 Å². The molecule has 0 fully saturated rings. The number of benzene rings is 4. The highest BCUT2D eigenvalue weighted by Gasteiger charge is 2.37. The van der Waals surface area contributed by atoms with E-state index in [1.807, 2.05) is 0 Å². The van der Waals surface area contributed by atoms with E-state index in [0.717, 1.165) is 12.1 Å². The molecule has 2 aliphatic rings. The minimum atomic E-state index is -5.15. The van der Waals surface area contributed by atoms with Crippen LogP contribution in [0.25, 0.3) is 23.3 Å². The number of anilines is 2. The van der Waals surface area contributed by atoms with Crippen molar-refractivity contribution < 1.29 is 71.7 Å². The van der Waals surface area contributed by atoms with E-state index in [1.54, 1.807) is 38.1 Å². The number of aromatic hydroxyl groups is 2. The summed E-state index contributed by atoms with van der Waals surface area (Å²) < 4.78 is 134. The highest BCUT2D eigenvalue weighted by atomic mass is 32.2. The molecule has 0 atom stereocenters. The van der Waals surface area contributed by atoms with Crippen molar-refractivity contribution in [1.29, 1.82) is 0 Å². The van der Waals surface area contributed by atoms with Crippen LogP contribution in [0.2, 0.25) is 0 Å². The van der Waals surface area contributed by atoms with Crippen LogP contribution < -0.4 is 10.9 Å². The number of hydrogen-bond donors (Lipinski definition) is 8. The Morgan fingerprint density at radius 3 is 1.14 bits per heavy atom. The number of phenols is 2. The lowest BCUT2D eigenvalue weighted by Crippen LogP contribution is -2.27. The Hall–Kier alpha value is -6.12. The molecule has 2 aliphatic carbocycles. The lowest BCUT2D eigenvalue weighted by molar-refractivity contribution is 0.105. The van der Waals surface area contributed by atoms with Crippen LogP contribution in [0.3, 0.4) is 0 Å². The maximum atomic E-state index is 13.3. The zero-order chi connectivity index (χ0) is 42.9. The molecule has 0 aromatic heterocycles. The van der Waals surface area contributed by atoms with Crippen LogP contribution in [0, 0.1) is 13.8 Å². The molecule has 4 aromatic carbocycles. The first kappa shape index (κ1) is 41.5. The van der Waals surface area contributed by atoms with E-state index in [4.69, 9.17) is 0 Å². The van der Waals surface area contributed by atoms with E-state index in [1.165, 1.54) is 12.1 Å². The highest BCUT2D eigenvalue weighted by molar-refractivity contribution is 7.91. The average Bonchev–Trinajstić information content (AvgIpc) is 3.09. The fraction of sp³-hybridized carbons (Fsp3) is 0.0588. The number of hydrazone groups is 2. The van der Waals surface area contributed by atoms with Crippen molar-refractivity contribution in [2.75, 3.05) is 10.9 Å². The zero-order valence-electron chi connectivity index (χ0n) is 29.2. The van der Waals surface area contributed by atoms with E-state index in [2.05, 4.69) is 21.1 Å². The number of ketones is 2. The molecule has 58 heavy (non-hydrogen) atoms. The summed E-state index contributed by atoms with van der Waals surface area (Å²) in [6, 6.07) is 12.2. The van der Waals surface area contributed by atoms with Crippen LogP contribution in [0.15, 0.2) is 90.5 Å². The maximum Gasteiger partial charge on any atom is 0.296 e. The molecule has 0 heterocycles. The highest BCUT2D eigenvalue weighted by Crippen LogP contribution is 2.36. The number of allylic oxidation sites excluding steroid dienone is 2. The lowest BCUT2D eigenvalue weighted by atomic mass is 9.94. The summed E-state index contributed by atoms with van der Waals surface area (Å²) in [4.78, 5) is 22.9. The first-order valence-corrected chi connectivity index (χ1v) is 21.6. The van der Waals surface area contributed by atoms with Gasteiger partial charge in [-0.05, 0) is 95.8 Å². The maximum absolute atomic E-state index is 13.3. The number of nitrogens with zero attached hydrogens (tertiary/aromatic N) is 2. The number of aryl methyl sites for hydroxylation is 2. The zero-order valence-corrected chi connectivity index (χ0v) is 32.5. The second-order valence-electron chi connectivity index (χ2n) is 12.6. The normalized spacial score (nSPS) is 16.1. The molecule has 0 aliphatic heterocycles. The number of phenolic OH excluding ortho intramolecular Hbond substituents is 2. The second-order valence-corrected chi connectivity index (χ2v) is 18.2. The predicted octanol–water partition coefficient (Wildman–Crippen LogP) is 3.66. The summed E-state index contributed by atoms with van der Waals surface area (Å²) in [5.41, 5.74) is 4.19. The van der Waals surface area contributed by atoms with Crippen molar-refractivity contribution >= 4 is 87.0 Å². The molecule has 8 N–H and O–H groups in total. The van der Waals surface area contributed by atoms with E-state index in [9.17, 15) is 71.7 Å². The molecule has 0 bridgehead atoms. The molecule has 0 radical (unpaired) electrons. The summed E-state index contributed by atoms with van der Waals surface area (Å²) in [5.74, 6) is -4.22. The number of hydrogen-bond acceptors (Lipinski definition) is 16. The largest absolute Gasteiger partial charge is 0.507 e. The van der Waals surface area contributed by atoms with Gasteiger partial charge in [-0.2, -0.15) is 43.9 Å². The Labute approximate surface area is 328 Å². The minimum absolute atomic E-state index is 0.253. The second kappa shape index (κ2) is 14.4. The van der Waals surface area contributed by atoms with Crippen molar-refractivity contribution in [2.45, 2.75) is 23.6 Å². The van der Waals surface area contributed by atoms with Crippen molar-refractivity contribution in [3.05, 3.63) is 104 Å². The van der Waals surface area contributed by atoms with Crippen molar-refractivity contribution in [3.63, 3.8) is 0 Å². The van der Waals surface area contributed by atoms with Gasteiger partial charge in [-0.3, -0.25) is 38.7 Å². The van der Waals surface area contributed by atoms with Crippen LogP contribution in [0.4, 0.5) is 11.4 Å². The molecule has 0 spiro atoms. The Morgan fingerprint density at radius 2 is 0.845 bits per heavy atom. The molecule has 302 valence electrons. The van der Waals surface area contributed by atoms with E-state index >= 15 is 0 Å². The monoisotopic (exact) mass is 874 g/mol. The van der Waals surface area contributed by atoms with Gasteiger partial charge in [-0.25, -0.2) is 0 Å². The third-order valence-electron chi connectivity index (χ3n) is 8.68. The molecule has 0 saturated carbocycles. The number of Topliss-reactive ketones (excluding diaryl/α,β-unsaturated/α-hetero) is 2. The number of rotatable bonds is 9. The number of nitrogens with one attached hydrogen (secondary N) is 2. The van der Waals surface area contributed by atoms with Crippen LogP contribution in [0.5, 0.6) is 11.5 Å². The number of carbonyl (C=O) groups is 2. The van der Waals surface area contributed by atoms with E-state index in [-0.39, 0.29) is 11.4 Å². The molecule has 0 saturated heterocycles. The van der Waals surface area contributed by atoms with Gasteiger partial charge in [0, 0.05) is 12.1 Å². The van der Waals surface area contributed by atoms with E-state index < -0.39 is 117 Å². The van der Waals surface area contributed by atoms with Crippen molar-refractivity contribution in [3.8, 4) is 22.6 Å². The van der Waals surface area contributed by atoms with Gasteiger partial charge in [0.1, 0.15) is 21.3 Å². The Bertz CT molecular complexity index is 2920. The molecule has 0 amide bonds. The topological polar surface area (TPSA) is 341 Å². The first-order valence-electron chi connectivity index (χ1n) is 15.8. The van der Waals surface area contributed by atoms with Gasteiger partial charge in [0.2, 0.25) is 11.6 Å². The van der Waals surface area contributed by atoms with Crippen LogP contribution in [-0.4, -0.2) is 85.1 Å². The van der Waals surface area contributed by atoms with Gasteiger partial charge in [0.25, 0.3) is 40.5 Å². The smallest absolute Gasteiger partial charge is 0.296 e. The minimum Gasteiger partial charge on any atom is -0.507 e. The van der Waals surface area contributed by atoms with Crippen molar-refractivity contribution in [2.24, 2.45) is 10.2 Å². The summed E-state index contributed by atoms with van der Waals surface area (Å²) in [5, 5.41) is 28.5. The molecule has 4 aromatic rings. The summed E-state index contributed by atoms with van der Waals surface area (Å²) in [7, 11) is -20.1. The predicted molar refractivity (Wildman–Crippen MR) is 207 cm³/mol. The van der Waals surface area contributed by atoms with E-state index in [0.29, 0.717) is 46.5 Å². The van der Waals surface area contributed by atoms with Crippen molar-refractivity contribution in [1.82, 2.24) is 0 Å². The van der Waals surface area contributed by atoms with Gasteiger partial charge in [0.15, 0.2) is 11.4 Å². The SMILES string of the molecule is Cc1cc(-c2ccc(N/N=C3\C(=O)c4c(O)cc(S(=O)(=O)O)cc4C=C3S(=O)(=O)O)c(C)c2)ccc1N/N=C1\C(=O)c2c(O)cc(S(=O)(=O)O)cc2C=C1S(=O)(=O)O. The summed E-state index contributed by atoms with van der Waals surface area (Å²) >= 11 is 0. The molecular formula is C34H26N4O16S4. The third kappa shape index (κ3) is 8.02. The standard InChI is InChI=1S/C34H26N4O16S4/c1-15-7-17(3-5-23(15)35-37-31-27(57(49,50)51)11-19-9-21(55(43,44)45)13-25(39)29(19)33(31)41)18-4-6-24(16(2)8-18)36-38-32-28(58(52,53)54)12-20-10-22(56(46,47)48)14-26(40)30(20)34(32)42/h3-14,35-36,39-40H,1-2H3,(H,43,44,45)(H,46,47,48)(H,49,50,51)(H,52,53,54)/b37-31-,38-32-. The number of fused-ring (bicyclic) bond motifs is 2. The Balaban J connectivity index is 1.27. The molecular weight excluding hydrogens is 849 g/mol. The number of carbonyl (C=O) groups excluding carboxylic acids is 2. The summed E-state index contributed by atoms with van der Waals surface area (Å²) in [6.07, 6.45) is 1.41. The molecule has 0 unspecified atom stereocenters. The molecule has 6 rings (SSSR count). The van der Waals surface area contributed by atoms with Gasteiger partial charge in [-0.15, -0.1) is 0 Å². The van der Waals surface area contributed by atoms with Crippen LogP contribution in [-0.2, 0) is 40.5 Å². The average molecular weight is 875 g/mol. The van der Waals surface area contributed by atoms with Gasteiger partial charge in [0.05, 0.1) is 32.3 Å². The Kier molecular flexibility index (Phi) is 10.3. The quantitative estimate of drug-likeness (QED) is 0.0878. The van der Waals surface area contributed by atoms with Crippen LogP contribution in [0.1, 0.15) is 43.0 Å². The molecule has 24 heteroatoms. The first-order chi connectivity index (χ1) is 26.8. The fourth-order valence-corrected chi connectivity index (χ4v) is 8.31. The summed E-state index contributed by atoms with van der Waals surface area (Å²) in [6.45, 7) is 3.26. The molecule has 20 nitrogen and oxygen atoms in total. The van der Waals surface area contributed by atoms with Gasteiger partial charge < -0.3 is 10.2 Å². The third-order valence-corrected chi connectivity index (χ3v) is 12.1. The Morgan fingerprint density at radius 1 is 0.500 bits per heavy atom. The lowest BCUT2D eigenvalue weighted by Gasteiger charge is -2.18. The fourth-order valence-electron chi connectivity index (χ4n) is 5.92. The van der Waals surface area contributed by atoms with Gasteiger partial charge in [-0.1, -0.05) is 12.1 Å².